The van der Waals surface area contributed by atoms with E-state index in [9.17, 15) is 4.79 Å². The van der Waals surface area contributed by atoms with E-state index in [-0.39, 0.29) is 12.2 Å². The summed E-state index contributed by atoms with van der Waals surface area (Å²) in [6, 6.07) is 11.1. The van der Waals surface area contributed by atoms with E-state index >= 15 is 0 Å². The summed E-state index contributed by atoms with van der Waals surface area (Å²) in [7, 11) is 0. The van der Waals surface area contributed by atoms with Crippen LogP contribution in [-0.2, 0) is 4.79 Å². The lowest BCUT2D eigenvalue weighted by atomic mass is 10.0. The number of aliphatic imine (C=N–C) groups is 1. The summed E-state index contributed by atoms with van der Waals surface area (Å²) in [6.07, 6.45) is 5.20. The second kappa shape index (κ2) is 4.94. The highest BCUT2D eigenvalue weighted by atomic mass is 16.1. The summed E-state index contributed by atoms with van der Waals surface area (Å²) in [6.45, 7) is 0. The van der Waals surface area contributed by atoms with Crippen LogP contribution < -0.4 is 0 Å². The molecule has 4 nitrogen and oxygen atoms in total. The van der Waals surface area contributed by atoms with E-state index in [0.717, 1.165) is 5.69 Å². The highest BCUT2D eigenvalue weighted by molar-refractivity contribution is 6.18. The molecule has 0 saturated heterocycles. The molecule has 0 bridgehead atoms. The minimum absolute atomic E-state index is 0.0244. The number of hydrogen-bond acceptors (Lipinski definition) is 4. The normalized spacial score (nSPS) is 14.8. The molecule has 19 heavy (non-hydrogen) atoms. The molecule has 2 aromatic rings. The summed E-state index contributed by atoms with van der Waals surface area (Å²) in [4.78, 5) is 24.8. The molecular formula is C15H11N3O. The molecule has 1 aliphatic heterocycles. The van der Waals surface area contributed by atoms with Gasteiger partial charge in [-0.25, -0.2) is 4.99 Å². The summed E-state index contributed by atoms with van der Waals surface area (Å²) >= 11 is 0. The van der Waals surface area contributed by atoms with E-state index in [4.69, 9.17) is 0 Å². The van der Waals surface area contributed by atoms with Crippen LogP contribution in [0.2, 0.25) is 0 Å². The summed E-state index contributed by atoms with van der Waals surface area (Å²) < 4.78 is 0. The van der Waals surface area contributed by atoms with Gasteiger partial charge in [0.15, 0.2) is 5.78 Å². The van der Waals surface area contributed by atoms with E-state index in [0.29, 0.717) is 17.1 Å². The predicted molar refractivity (Wildman–Crippen MR) is 72.6 cm³/mol. The second-order valence-corrected chi connectivity index (χ2v) is 4.16. The Kier molecular flexibility index (Phi) is 2.98. The number of carbonyl (C=O) groups is 1. The third-order valence-electron chi connectivity index (χ3n) is 2.78. The van der Waals surface area contributed by atoms with E-state index in [1.807, 2.05) is 36.4 Å². The van der Waals surface area contributed by atoms with Crippen molar-refractivity contribution in [3.05, 3.63) is 66.3 Å². The van der Waals surface area contributed by atoms with Crippen molar-refractivity contribution < 1.29 is 4.79 Å². The van der Waals surface area contributed by atoms with Crippen LogP contribution in [0.4, 0.5) is 0 Å². The standard InChI is InChI=1S/C15H11N3O/c19-11-9-14(12-5-1-3-7-16-12)18-15(10-11)13-6-2-4-8-17-13/h1-9H,10H2. The van der Waals surface area contributed by atoms with E-state index in [1.54, 1.807) is 12.4 Å². The molecule has 0 N–H and O–H groups in total. The Labute approximate surface area is 110 Å². The highest BCUT2D eigenvalue weighted by Crippen LogP contribution is 2.20. The molecule has 0 fully saturated rings. The molecule has 1 aliphatic rings. The van der Waals surface area contributed by atoms with Gasteiger partial charge < -0.3 is 0 Å². The third-order valence-corrected chi connectivity index (χ3v) is 2.78. The van der Waals surface area contributed by atoms with Crippen molar-refractivity contribution in [2.75, 3.05) is 0 Å². The molecule has 0 atom stereocenters. The van der Waals surface area contributed by atoms with Crippen LogP contribution in [0.15, 0.2) is 59.9 Å². The summed E-state index contributed by atoms with van der Waals surface area (Å²) in [5.41, 5.74) is 2.72. The van der Waals surface area contributed by atoms with Crippen LogP contribution in [0.3, 0.4) is 0 Å². The Morgan fingerprint density at radius 3 is 2.21 bits per heavy atom. The fourth-order valence-corrected chi connectivity index (χ4v) is 1.91. The molecule has 0 amide bonds. The first-order valence-corrected chi connectivity index (χ1v) is 5.98. The fraction of sp³-hybridized carbons (Fsp3) is 0.0667. The average molecular weight is 249 g/mol. The lowest BCUT2D eigenvalue weighted by molar-refractivity contribution is -0.113. The number of pyridine rings is 2. The first-order valence-electron chi connectivity index (χ1n) is 5.98. The van der Waals surface area contributed by atoms with Crippen molar-refractivity contribution in [2.24, 2.45) is 4.99 Å². The summed E-state index contributed by atoms with van der Waals surface area (Å²) in [5.74, 6) is 0.0244. The smallest absolute Gasteiger partial charge is 0.163 e. The van der Waals surface area contributed by atoms with Gasteiger partial charge in [0.1, 0.15) is 0 Å². The first-order chi connectivity index (χ1) is 9.33. The molecule has 0 unspecified atom stereocenters. The predicted octanol–water partition coefficient (Wildman–Crippen LogP) is 2.28. The number of carbonyl (C=O) groups excluding carboxylic acids is 1. The number of rotatable bonds is 2. The number of nitrogens with zero attached hydrogens (tertiary/aromatic N) is 3. The first kappa shape index (κ1) is 11.5. The van der Waals surface area contributed by atoms with E-state index in [1.165, 1.54) is 6.08 Å². The van der Waals surface area contributed by atoms with Gasteiger partial charge in [0, 0.05) is 18.5 Å². The zero-order valence-electron chi connectivity index (χ0n) is 10.2. The molecule has 2 aromatic heterocycles. The molecule has 0 aromatic carbocycles. The van der Waals surface area contributed by atoms with Gasteiger partial charge in [-0.05, 0) is 24.3 Å². The van der Waals surface area contributed by atoms with Crippen LogP contribution in [0, 0.1) is 0 Å². The SMILES string of the molecule is O=C1C=C(c2ccccn2)N=C(c2ccccn2)C1. The number of aromatic nitrogens is 2. The van der Waals surface area contributed by atoms with E-state index < -0.39 is 0 Å². The molecule has 3 heterocycles. The molecule has 0 spiro atoms. The Hall–Kier alpha value is -2.62. The Bertz CT molecular complexity index is 660. The van der Waals surface area contributed by atoms with Gasteiger partial charge in [-0.2, -0.15) is 0 Å². The van der Waals surface area contributed by atoms with Crippen molar-refractivity contribution in [3.63, 3.8) is 0 Å². The minimum atomic E-state index is 0.0244. The van der Waals surface area contributed by atoms with Crippen LogP contribution in [-0.4, -0.2) is 21.5 Å². The van der Waals surface area contributed by atoms with Gasteiger partial charge in [0.05, 0.1) is 29.2 Å². The second-order valence-electron chi connectivity index (χ2n) is 4.16. The van der Waals surface area contributed by atoms with Crippen molar-refractivity contribution in [1.82, 2.24) is 9.97 Å². The van der Waals surface area contributed by atoms with Crippen LogP contribution in [0.25, 0.3) is 5.70 Å². The number of allylic oxidation sites excluding steroid dienone is 1. The Morgan fingerprint density at radius 1 is 0.895 bits per heavy atom. The maximum absolute atomic E-state index is 11.8. The molecule has 0 saturated carbocycles. The molecule has 92 valence electrons. The average Bonchev–Trinajstić information content (AvgIpc) is 2.48. The van der Waals surface area contributed by atoms with Crippen LogP contribution in [0.5, 0.6) is 0 Å². The van der Waals surface area contributed by atoms with Gasteiger partial charge in [-0.15, -0.1) is 0 Å². The van der Waals surface area contributed by atoms with Crippen LogP contribution in [0.1, 0.15) is 17.8 Å². The monoisotopic (exact) mass is 249 g/mol. The Balaban J connectivity index is 2.02. The molecule has 3 rings (SSSR count). The highest BCUT2D eigenvalue weighted by Gasteiger charge is 2.17. The molecule has 4 heteroatoms. The zero-order valence-corrected chi connectivity index (χ0v) is 10.2. The minimum Gasteiger partial charge on any atom is -0.294 e. The van der Waals surface area contributed by atoms with Crippen molar-refractivity contribution in [1.29, 1.82) is 0 Å². The maximum atomic E-state index is 11.8. The quantitative estimate of drug-likeness (QED) is 0.820. The van der Waals surface area contributed by atoms with Gasteiger partial charge in [0.25, 0.3) is 0 Å². The van der Waals surface area contributed by atoms with Gasteiger partial charge >= 0.3 is 0 Å². The molecule has 0 aliphatic carbocycles. The van der Waals surface area contributed by atoms with Gasteiger partial charge in [-0.3, -0.25) is 14.8 Å². The largest absolute Gasteiger partial charge is 0.294 e. The Morgan fingerprint density at radius 2 is 1.58 bits per heavy atom. The molecule has 0 radical (unpaired) electrons. The number of hydrogen-bond donors (Lipinski definition) is 0. The van der Waals surface area contributed by atoms with Crippen molar-refractivity contribution in [2.45, 2.75) is 6.42 Å². The van der Waals surface area contributed by atoms with E-state index in [2.05, 4.69) is 15.0 Å². The number of ketones is 1. The van der Waals surface area contributed by atoms with Crippen LogP contribution >= 0.6 is 0 Å². The maximum Gasteiger partial charge on any atom is 0.163 e. The zero-order chi connectivity index (χ0) is 13.1. The van der Waals surface area contributed by atoms with Crippen molar-refractivity contribution >= 4 is 17.2 Å². The lowest BCUT2D eigenvalue weighted by Gasteiger charge is -2.11. The molecular weight excluding hydrogens is 238 g/mol. The fourth-order valence-electron chi connectivity index (χ4n) is 1.91. The summed E-state index contributed by atoms with van der Waals surface area (Å²) in [5, 5.41) is 0. The third kappa shape index (κ3) is 2.47. The van der Waals surface area contributed by atoms with Gasteiger partial charge in [0.2, 0.25) is 0 Å². The lowest BCUT2D eigenvalue weighted by Crippen LogP contribution is -2.14. The topological polar surface area (TPSA) is 55.2 Å². The van der Waals surface area contributed by atoms with Crippen molar-refractivity contribution in [3.8, 4) is 0 Å². The van der Waals surface area contributed by atoms with Gasteiger partial charge in [-0.1, -0.05) is 12.1 Å².